The van der Waals surface area contributed by atoms with Gasteiger partial charge in [-0.3, -0.25) is 14.0 Å². The van der Waals surface area contributed by atoms with Crippen LogP contribution in [0, 0.1) is 0 Å². The van der Waals surface area contributed by atoms with Crippen LogP contribution in [0.1, 0.15) is 48.0 Å². The molecule has 1 saturated carbocycles. The molecular weight excluding hydrogens is 552 g/mol. The summed E-state index contributed by atoms with van der Waals surface area (Å²) in [5.41, 5.74) is 2.10. The zero-order chi connectivity index (χ0) is 29.2. The average molecular weight is 583 g/mol. The Balaban J connectivity index is 1.44. The molecule has 3 aromatic carbocycles. The number of fused-ring (bicyclic) bond motifs is 3. The van der Waals surface area contributed by atoms with E-state index in [2.05, 4.69) is 5.32 Å². The van der Waals surface area contributed by atoms with Crippen LogP contribution in [-0.2, 0) is 11.2 Å². The predicted octanol–water partition coefficient (Wildman–Crippen LogP) is 6.02. The number of aromatic hydroxyl groups is 1. The molecule has 0 spiro atoms. The lowest BCUT2D eigenvalue weighted by atomic mass is 9.98. The quantitative estimate of drug-likeness (QED) is 0.206. The van der Waals surface area contributed by atoms with E-state index in [0.717, 1.165) is 30.4 Å². The Morgan fingerprint density at radius 3 is 2.50 bits per heavy atom. The van der Waals surface area contributed by atoms with Gasteiger partial charge in [0.2, 0.25) is 0 Å². The van der Waals surface area contributed by atoms with Gasteiger partial charge in [-0.05, 0) is 67.1 Å². The molecule has 1 amide bonds. The van der Waals surface area contributed by atoms with Crippen LogP contribution in [-0.4, -0.2) is 38.6 Å². The molecule has 5 aromatic rings. The molecule has 6 rings (SSSR count). The second-order valence-electron chi connectivity index (χ2n) is 10.6. The first-order valence-corrected chi connectivity index (χ1v) is 14.8. The number of nitrogens with zero attached hydrogens (tertiary/aromatic N) is 1. The van der Waals surface area contributed by atoms with E-state index in [1.54, 1.807) is 30.3 Å². The molecule has 0 unspecified atom stereocenters. The number of pyridine rings is 1. The molecule has 0 saturated heterocycles. The first-order chi connectivity index (χ1) is 20.4. The molecule has 9 heteroatoms. The van der Waals surface area contributed by atoms with E-state index in [4.69, 9.17) is 4.74 Å². The zero-order valence-electron chi connectivity index (χ0n) is 22.8. The normalized spacial score (nSPS) is 14.6. The van der Waals surface area contributed by atoms with Crippen LogP contribution < -0.4 is 15.6 Å². The molecule has 2 aromatic heterocycles. The SMILES string of the molecule is O=C(N[C@@H](Cc1cccc(O)c1)C(=O)O)c1cc(-c2ccccc2)c(=O)n2c1sc1ccc(OC3CCCCC3)cc12. The summed E-state index contributed by atoms with van der Waals surface area (Å²) in [6.45, 7) is 0. The minimum absolute atomic E-state index is 0.0109. The second kappa shape index (κ2) is 11.7. The van der Waals surface area contributed by atoms with Crippen molar-refractivity contribution in [1.29, 1.82) is 0 Å². The Labute approximate surface area is 245 Å². The summed E-state index contributed by atoms with van der Waals surface area (Å²) in [7, 11) is 0. The third kappa shape index (κ3) is 5.60. The number of hydrogen-bond acceptors (Lipinski definition) is 6. The van der Waals surface area contributed by atoms with Crippen molar-refractivity contribution in [2.45, 2.75) is 50.7 Å². The number of benzene rings is 3. The van der Waals surface area contributed by atoms with Crippen molar-refractivity contribution >= 4 is 38.3 Å². The average Bonchev–Trinajstić information content (AvgIpc) is 3.37. The summed E-state index contributed by atoms with van der Waals surface area (Å²) in [5.74, 6) is -1.13. The highest BCUT2D eigenvalue weighted by Gasteiger charge is 2.26. The molecule has 3 N–H and O–H groups in total. The molecule has 42 heavy (non-hydrogen) atoms. The third-order valence-electron chi connectivity index (χ3n) is 7.67. The van der Waals surface area contributed by atoms with Crippen LogP contribution in [0.25, 0.3) is 26.2 Å². The van der Waals surface area contributed by atoms with Crippen molar-refractivity contribution in [3.63, 3.8) is 0 Å². The number of aliphatic carboxylic acids is 1. The fourth-order valence-electron chi connectivity index (χ4n) is 5.57. The van der Waals surface area contributed by atoms with Gasteiger partial charge in [0, 0.05) is 18.1 Å². The number of carboxylic acids is 1. The number of hydrogen-bond donors (Lipinski definition) is 3. The van der Waals surface area contributed by atoms with Gasteiger partial charge in [-0.2, -0.15) is 0 Å². The Morgan fingerprint density at radius 2 is 1.76 bits per heavy atom. The van der Waals surface area contributed by atoms with Crippen molar-refractivity contribution in [2.24, 2.45) is 0 Å². The summed E-state index contributed by atoms with van der Waals surface area (Å²) < 4.78 is 8.63. The largest absolute Gasteiger partial charge is 0.508 e. The van der Waals surface area contributed by atoms with Crippen molar-refractivity contribution in [1.82, 2.24) is 9.72 Å². The molecule has 1 atom stereocenters. The van der Waals surface area contributed by atoms with Crippen LogP contribution in [0.15, 0.2) is 83.7 Å². The fraction of sp³-hybridized carbons (Fsp3) is 0.242. The number of phenolic OH excluding ortho intramolecular Hbond substituents is 1. The second-order valence-corrected chi connectivity index (χ2v) is 11.7. The molecule has 1 aliphatic rings. The van der Waals surface area contributed by atoms with Crippen LogP contribution >= 0.6 is 11.3 Å². The topological polar surface area (TPSA) is 117 Å². The van der Waals surface area contributed by atoms with E-state index < -0.39 is 17.9 Å². The molecule has 0 radical (unpaired) electrons. The van der Waals surface area contributed by atoms with Gasteiger partial charge in [-0.15, -0.1) is 11.3 Å². The third-order valence-corrected chi connectivity index (χ3v) is 8.83. The first-order valence-electron chi connectivity index (χ1n) is 14.0. The number of phenols is 1. The summed E-state index contributed by atoms with van der Waals surface area (Å²) in [5, 5.41) is 22.4. The van der Waals surface area contributed by atoms with Crippen molar-refractivity contribution in [2.75, 3.05) is 0 Å². The number of ether oxygens (including phenoxy) is 1. The minimum Gasteiger partial charge on any atom is -0.508 e. The lowest BCUT2D eigenvalue weighted by Crippen LogP contribution is -2.42. The summed E-state index contributed by atoms with van der Waals surface area (Å²) >= 11 is 1.30. The van der Waals surface area contributed by atoms with Crippen molar-refractivity contribution < 1.29 is 24.5 Å². The Morgan fingerprint density at radius 1 is 0.976 bits per heavy atom. The van der Waals surface area contributed by atoms with E-state index in [1.807, 2.05) is 36.4 Å². The van der Waals surface area contributed by atoms with Crippen LogP contribution in [0.5, 0.6) is 11.5 Å². The molecular formula is C33H30N2O6S. The van der Waals surface area contributed by atoms with Gasteiger partial charge < -0.3 is 20.3 Å². The van der Waals surface area contributed by atoms with Gasteiger partial charge in [0.05, 0.1) is 21.9 Å². The highest BCUT2D eigenvalue weighted by Crippen LogP contribution is 2.33. The predicted molar refractivity (Wildman–Crippen MR) is 163 cm³/mol. The lowest BCUT2D eigenvalue weighted by Gasteiger charge is -2.23. The Bertz CT molecular complexity index is 1840. The van der Waals surface area contributed by atoms with Crippen LogP contribution in [0.2, 0.25) is 0 Å². The molecule has 0 bridgehead atoms. The zero-order valence-corrected chi connectivity index (χ0v) is 23.6. The molecule has 214 valence electrons. The van der Waals surface area contributed by atoms with E-state index in [-0.39, 0.29) is 29.4 Å². The monoisotopic (exact) mass is 582 g/mol. The molecule has 8 nitrogen and oxygen atoms in total. The maximum absolute atomic E-state index is 14.0. The fourth-order valence-corrected chi connectivity index (χ4v) is 6.71. The molecule has 2 heterocycles. The van der Waals surface area contributed by atoms with Gasteiger partial charge in [0.25, 0.3) is 11.5 Å². The number of rotatable bonds is 8. The number of carboxylic acid groups (broad SMARTS) is 1. The molecule has 1 aliphatic carbocycles. The Kier molecular flexibility index (Phi) is 7.67. The van der Waals surface area contributed by atoms with E-state index >= 15 is 0 Å². The van der Waals surface area contributed by atoms with Crippen molar-refractivity contribution in [3.8, 4) is 22.6 Å². The van der Waals surface area contributed by atoms with Gasteiger partial charge in [-0.1, -0.05) is 48.9 Å². The highest BCUT2D eigenvalue weighted by molar-refractivity contribution is 7.24. The molecule has 1 fully saturated rings. The number of amides is 1. The first kappa shape index (κ1) is 27.5. The van der Waals surface area contributed by atoms with Crippen LogP contribution in [0.3, 0.4) is 0 Å². The van der Waals surface area contributed by atoms with Crippen molar-refractivity contribution in [3.05, 3.63) is 100 Å². The summed E-state index contributed by atoms with van der Waals surface area (Å²) in [6.07, 6.45) is 5.60. The maximum atomic E-state index is 14.0. The number of carbonyl (C=O) groups is 2. The molecule has 0 aliphatic heterocycles. The number of aromatic nitrogens is 1. The van der Waals surface area contributed by atoms with E-state index in [1.165, 1.54) is 34.3 Å². The van der Waals surface area contributed by atoms with Gasteiger partial charge in [0.15, 0.2) is 0 Å². The number of carbonyl (C=O) groups excluding carboxylic acids is 1. The highest BCUT2D eigenvalue weighted by atomic mass is 32.1. The summed E-state index contributed by atoms with van der Waals surface area (Å²) in [4.78, 5) is 40.3. The minimum atomic E-state index is -1.25. The van der Waals surface area contributed by atoms with Gasteiger partial charge >= 0.3 is 5.97 Å². The Hall–Kier alpha value is -4.63. The number of thiazole rings is 1. The van der Waals surface area contributed by atoms with Crippen LogP contribution in [0.4, 0.5) is 0 Å². The smallest absolute Gasteiger partial charge is 0.326 e. The lowest BCUT2D eigenvalue weighted by molar-refractivity contribution is -0.139. The maximum Gasteiger partial charge on any atom is 0.326 e. The standard InChI is InChI=1S/C33H30N2O6S/c36-22-11-7-8-20(16-22)17-27(33(39)40)34-30(37)26-19-25(21-9-3-1-4-10-21)31(38)35-28-18-24(14-15-29(28)42-32(26)35)41-23-12-5-2-6-13-23/h1,3-4,7-11,14-16,18-19,23,27,36H,2,5-6,12-13,17H2,(H,34,37)(H,39,40)/t27-/m0/s1. The van der Waals surface area contributed by atoms with E-state index in [9.17, 15) is 24.6 Å². The van der Waals surface area contributed by atoms with Gasteiger partial charge in [-0.25, -0.2) is 4.79 Å². The van der Waals surface area contributed by atoms with Gasteiger partial charge in [0.1, 0.15) is 22.4 Å². The summed E-state index contributed by atoms with van der Waals surface area (Å²) in [6, 6.07) is 21.3. The number of nitrogens with one attached hydrogen (secondary N) is 1. The van der Waals surface area contributed by atoms with E-state index in [0.29, 0.717) is 32.8 Å².